The van der Waals surface area contributed by atoms with Gasteiger partial charge in [0.2, 0.25) is 0 Å². The van der Waals surface area contributed by atoms with Gasteiger partial charge in [-0.05, 0) is 23.1 Å². The molecule has 0 fully saturated rings. The van der Waals surface area contributed by atoms with Crippen molar-refractivity contribution in [2.24, 2.45) is 0 Å². The average molecular weight is 214 g/mol. The smallest absolute Gasteiger partial charge is 0.195 e. The Balaban J connectivity index is 2.10. The van der Waals surface area contributed by atoms with Crippen molar-refractivity contribution in [1.29, 1.82) is 0 Å². The Kier molecular flexibility index (Phi) is 3.10. The molecular formula is C13H10OS. The summed E-state index contributed by atoms with van der Waals surface area (Å²) in [5.74, 6) is 0.0638. The fourth-order valence-corrected chi connectivity index (χ4v) is 1.88. The molecule has 0 atom stereocenters. The molecule has 0 saturated heterocycles. The molecular weight excluding hydrogens is 204 g/mol. The Morgan fingerprint density at radius 3 is 2.53 bits per heavy atom. The summed E-state index contributed by atoms with van der Waals surface area (Å²) in [6, 6.07) is 13.5. The van der Waals surface area contributed by atoms with Crippen LogP contribution in [0.1, 0.15) is 15.2 Å². The molecule has 2 aromatic rings. The van der Waals surface area contributed by atoms with Gasteiger partial charge < -0.3 is 0 Å². The Labute approximate surface area is 92.7 Å². The summed E-state index contributed by atoms with van der Waals surface area (Å²) in [5, 5.41) is 1.91. The SMILES string of the molecule is O=C(C=Cc1ccccc1)c1cccs1. The van der Waals surface area contributed by atoms with Gasteiger partial charge >= 0.3 is 0 Å². The predicted octanol–water partition coefficient (Wildman–Crippen LogP) is 3.64. The van der Waals surface area contributed by atoms with E-state index in [0.29, 0.717) is 0 Å². The van der Waals surface area contributed by atoms with Gasteiger partial charge in [-0.3, -0.25) is 4.79 Å². The highest BCUT2D eigenvalue weighted by molar-refractivity contribution is 7.12. The van der Waals surface area contributed by atoms with Gasteiger partial charge in [-0.15, -0.1) is 11.3 Å². The number of carbonyl (C=O) groups is 1. The second-order valence-corrected chi connectivity index (χ2v) is 4.03. The molecule has 0 unspecified atom stereocenters. The lowest BCUT2D eigenvalue weighted by Gasteiger charge is -1.90. The molecule has 0 radical (unpaired) electrons. The van der Waals surface area contributed by atoms with Crippen LogP contribution in [0.2, 0.25) is 0 Å². The molecule has 74 valence electrons. The van der Waals surface area contributed by atoms with Gasteiger partial charge in [-0.25, -0.2) is 0 Å². The van der Waals surface area contributed by atoms with Crippen molar-refractivity contribution in [2.75, 3.05) is 0 Å². The maximum Gasteiger partial charge on any atom is 0.195 e. The molecule has 1 aromatic carbocycles. The van der Waals surface area contributed by atoms with E-state index in [1.165, 1.54) is 11.3 Å². The van der Waals surface area contributed by atoms with Crippen LogP contribution in [0.15, 0.2) is 53.9 Å². The number of ketones is 1. The van der Waals surface area contributed by atoms with Crippen molar-refractivity contribution in [2.45, 2.75) is 0 Å². The molecule has 0 aliphatic carbocycles. The van der Waals surface area contributed by atoms with Crippen molar-refractivity contribution in [1.82, 2.24) is 0 Å². The molecule has 0 amide bonds. The normalized spacial score (nSPS) is 10.7. The molecule has 0 N–H and O–H groups in total. The average Bonchev–Trinajstić information content (AvgIpc) is 2.81. The summed E-state index contributed by atoms with van der Waals surface area (Å²) in [4.78, 5) is 12.4. The molecule has 0 saturated carbocycles. The molecule has 0 aliphatic rings. The van der Waals surface area contributed by atoms with Crippen LogP contribution < -0.4 is 0 Å². The van der Waals surface area contributed by atoms with E-state index in [1.54, 1.807) is 6.08 Å². The maximum atomic E-state index is 11.6. The van der Waals surface area contributed by atoms with Gasteiger partial charge in [0.1, 0.15) is 0 Å². The molecule has 2 heteroatoms. The van der Waals surface area contributed by atoms with E-state index in [4.69, 9.17) is 0 Å². The molecule has 1 aromatic heterocycles. The van der Waals surface area contributed by atoms with Crippen LogP contribution in [0.5, 0.6) is 0 Å². The Hall–Kier alpha value is -1.67. The van der Waals surface area contributed by atoms with E-state index >= 15 is 0 Å². The van der Waals surface area contributed by atoms with Gasteiger partial charge in [-0.1, -0.05) is 42.5 Å². The minimum Gasteiger partial charge on any atom is -0.288 e. The number of allylic oxidation sites excluding steroid dienone is 1. The van der Waals surface area contributed by atoms with Crippen molar-refractivity contribution >= 4 is 23.2 Å². The fraction of sp³-hybridized carbons (Fsp3) is 0. The summed E-state index contributed by atoms with van der Waals surface area (Å²) in [5.41, 5.74) is 1.04. The van der Waals surface area contributed by atoms with E-state index in [-0.39, 0.29) is 5.78 Å². The minimum absolute atomic E-state index is 0.0638. The van der Waals surface area contributed by atoms with Crippen molar-refractivity contribution in [3.05, 3.63) is 64.4 Å². The molecule has 0 bridgehead atoms. The minimum atomic E-state index is 0.0638. The second-order valence-electron chi connectivity index (χ2n) is 3.09. The van der Waals surface area contributed by atoms with Gasteiger partial charge in [0.05, 0.1) is 4.88 Å². The van der Waals surface area contributed by atoms with Crippen LogP contribution in [0.3, 0.4) is 0 Å². The number of hydrogen-bond acceptors (Lipinski definition) is 2. The topological polar surface area (TPSA) is 17.1 Å². The molecule has 1 heterocycles. The first kappa shape index (κ1) is 9.87. The third-order valence-electron chi connectivity index (χ3n) is 1.99. The number of benzene rings is 1. The molecule has 0 spiro atoms. The van der Waals surface area contributed by atoms with Gasteiger partial charge in [-0.2, -0.15) is 0 Å². The Bertz CT molecular complexity index is 455. The number of thiophene rings is 1. The van der Waals surface area contributed by atoms with Crippen molar-refractivity contribution in [3.63, 3.8) is 0 Å². The summed E-state index contributed by atoms with van der Waals surface area (Å²) < 4.78 is 0. The van der Waals surface area contributed by atoms with Crippen molar-refractivity contribution in [3.8, 4) is 0 Å². The molecule has 2 rings (SSSR count). The Morgan fingerprint density at radius 1 is 1.07 bits per heavy atom. The summed E-state index contributed by atoms with van der Waals surface area (Å²) >= 11 is 1.47. The zero-order valence-corrected chi connectivity index (χ0v) is 8.91. The quantitative estimate of drug-likeness (QED) is 0.563. The van der Waals surface area contributed by atoms with E-state index in [1.807, 2.05) is 53.9 Å². The van der Waals surface area contributed by atoms with Crippen LogP contribution in [0.4, 0.5) is 0 Å². The summed E-state index contributed by atoms with van der Waals surface area (Å²) in [6.45, 7) is 0. The van der Waals surface area contributed by atoms with Crippen LogP contribution in [0.25, 0.3) is 6.08 Å². The lowest BCUT2D eigenvalue weighted by Crippen LogP contribution is -1.88. The van der Waals surface area contributed by atoms with Crippen molar-refractivity contribution < 1.29 is 4.79 Å². The third kappa shape index (κ3) is 2.64. The van der Waals surface area contributed by atoms with E-state index < -0.39 is 0 Å². The van der Waals surface area contributed by atoms with Crippen LogP contribution in [0, 0.1) is 0 Å². The van der Waals surface area contributed by atoms with Crippen LogP contribution in [-0.4, -0.2) is 5.78 Å². The lowest BCUT2D eigenvalue weighted by molar-refractivity contribution is 0.105. The zero-order chi connectivity index (χ0) is 10.5. The number of carbonyl (C=O) groups excluding carboxylic acids is 1. The van der Waals surface area contributed by atoms with E-state index in [9.17, 15) is 4.79 Å². The maximum absolute atomic E-state index is 11.6. The third-order valence-corrected chi connectivity index (χ3v) is 2.88. The summed E-state index contributed by atoms with van der Waals surface area (Å²) in [7, 11) is 0. The highest BCUT2D eigenvalue weighted by Crippen LogP contribution is 2.11. The highest BCUT2D eigenvalue weighted by Gasteiger charge is 2.00. The van der Waals surface area contributed by atoms with Gasteiger partial charge in [0, 0.05) is 0 Å². The Morgan fingerprint density at radius 2 is 1.87 bits per heavy atom. The van der Waals surface area contributed by atoms with E-state index in [0.717, 1.165) is 10.4 Å². The van der Waals surface area contributed by atoms with Crippen LogP contribution >= 0.6 is 11.3 Å². The molecule has 1 nitrogen and oxygen atoms in total. The first-order chi connectivity index (χ1) is 7.36. The largest absolute Gasteiger partial charge is 0.288 e. The van der Waals surface area contributed by atoms with Gasteiger partial charge in [0.25, 0.3) is 0 Å². The van der Waals surface area contributed by atoms with Gasteiger partial charge in [0.15, 0.2) is 5.78 Å². The fourth-order valence-electron chi connectivity index (χ4n) is 1.24. The predicted molar refractivity (Wildman–Crippen MR) is 64.1 cm³/mol. The zero-order valence-electron chi connectivity index (χ0n) is 8.09. The monoisotopic (exact) mass is 214 g/mol. The van der Waals surface area contributed by atoms with Crippen LogP contribution in [-0.2, 0) is 0 Å². The first-order valence-electron chi connectivity index (χ1n) is 4.67. The summed E-state index contributed by atoms with van der Waals surface area (Å²) in [6.07, 6.45) is 3.45. The molecule has 15 heavy (non-hydrogen) atoms. The standard InChI is InChI=1S/C13H10OS/c14-12(13-7-4-10-15-13)9-8-11-5-2-1-3-6-11/h1-10H. The first-order valence-corrected chi connectivity index (χ1v) is 5.55. The highest BCUT2D eigenvalue weighted by atomic mass is 32.1. The molecule has 0 aliphatic heterocycles. The van der Waals surface area contributed by atoms with E-state index in [2.05, 4.69) is 0 Å². The second kappa shape index (κ2) is 4.71. The lowest BCUT2D eigenvalue weighted by atomic mass is 10.2. The number of rotatable bonds is 3. The number of hydrogen-bond donors (Lipinski definition) is 0.